The lowest BCUT2D eigenvalue weighted by Crippen LogP contribution is -2.39. The van der Waals surface area contributed by atoms with Crippen molar-refractivity contribution in [2.45, 2.75) is 169 Å². The summed E-state index contributed by atoms with van der Waals surface area (Å²) in [6, 6.07) is 0. The zero-order valence-corrected chi connectivity index (χ0v) is 30.3. The lowest BCUT2D eigenvalue weighted by Gasteiger charge is -2.32. The summed E-state index contributed by atoms with van der Waals surface area (Å²) in [4.78, 5) is 0. The van der Waals surface area contributed by atoms with Crippen LogP contribution in [-0.4, -0.2) is 63.1 Å². The van der Waals surface area contributed by atoms with Crippen molar-refractivity contribution in [1.29, 1.82) is 0 Å². The lowest BCUT2D eigenvalue weighted by molar-refractivity contribution is -0.380. The molecule has 0 aliphatic heterocycles. The highest BCUT2D eigenvalue weighted by Crippen LogP contribution is 2.27. The Morgan fingerprint density at radius 2 is 0.524 bits per heavy atom. The quantitative estimate of drug-likeness (QED) is 0.0386. The normalized spacial score (nSPS) is 12.4. The third-order valence-corrected chi connectivity index (χ3v) is 9.77. The molecule has 6 nitrogen and oxygen atoms in total. The number of unbranched alkanes of at least 4 members (excludes halogenated alkanes) is 14. The van der Waals surface area contributed by atoms with Crippen molar-refractivity contribution in [3.63, 3.8) is 0 Å². The van der Waals surface area contributed by atoms with Gasteiger partial charge in [0, 0.05) is 64.0 Å². The molecule has 0 spiro atoms. The maximum atomic E-state index is 5.82. The Morgan fingerprint density at radius 3 is 0.762 bits per heavy atom. The number of rotatable bonds is 35. The van der Waals surface area contributed by atoms with E-state index in [0.29, 0.717) is 39.6 Å². The van der Waals surface area contributed by atoms with Crippen molar-refractivity contribution >= 4 is 21.6 Å². The molecule has 0 heterocycles. The van der Waals surface area contributed by atoms with Crippen LogP contribution < -0.4 is 0 Å². The summed E-state index contributed by atoms with van der Waals surface area (Å²) in [5.41, 5.74) is 0. The van der Waals surface area contributed by atoms with Gasteiger partial charge in [-0.3, -0.25) is 0 Å². The van der Waals surface area contributed by atoms with Crippen molar-refractivity contribution in [3.8, 4) is 0 Å². The molecule has 0 unspecified atom stereocenters. The molecule has 0 saturated carbocycles. The molecule has 0 aliphatic carbocycles. The molecule has 0 aromatic carbocycles. The fraction of sp³-hybridized carbons (Fsp3) is 1.00. The zero-order chi connectivity index (χ0) is 31.0. The average Bonchev–Trinajstić information content (AvgIpc) is 2.96. The van der Waals surface area contributed by atoms with Crippen LogP contribution in [0, 0.1) is 0 Å². The first-order chi connectivity index (χ1) is 20.6. The smallest absolute Gasteiger partial charge is 0.282 e. The molecule has 254 valence electrons. The molecular weight excluding hydrogens is 569 g/mol. The Morgan fingerprint density at radius 1 is 0.310 bits per heavy atom. The van der Waals surface area contributed by atoms with Crippen LogP contribution in [0.1, 0.15) is 157 Å². The van der Waals surface area contributed by atoms with Gasteiger partial charge in [-0.05, 0) is 67.2 Å². The van der Waals surface area contributed by atoms with Gasteiger partial charge in [-0.15, -0.1) is 0 Å². The van der Waals surface area contributed by atoms with Gasteiger partial charge in [-0.2, -0.15) is 0 Å². The molecule has 0 saturated heterocycles. The minimum absolute atomic E-state index is 0.612. The maximum Gasteiger partial charge on any atom is 0.282 e. The second-order valence-electron chi connectivity index (χ2n) is 10.8. The summed E-state index contributed by atoms with van der Waals surface area (Å²) >= 11 is 0. The van der Waals surface area contributed by atoms with Gasteiger partial charge < -0.3 is 28.4 Å². The summed E-state index contributed by atoms with van der Waals surface area (Å²) in [5.74, 6) is 0.941. The SMILES string of the molecule is CCOC(CCCCCCCCCCSSCCCCCCCCCCC(OCC)(OCC)OCC)(OCC)OCC. The van der Waals surface area contributed by atoms with Crippen molar-refractivity contribution in [2.24, 2.45) is 0 Å². The van der Waals surface area contributed by atoms with Crippen molar-refractivity contribution in [1.82, 2.24) is 0 Å². The lowest BCUT2D eigenvalue weighted by atomic mass is 10.1. The number of hydrogen-bond acceptors (Lipinski definition) is 8. The monoisotopic (exact) mass is 638 g/mol. The zero-order valence-electron chi connectivity index (χ0n) is 28.7. The second kappa shape index (κ2) is 31.4. The van der Waals surface area contributed by atoms with Crippen LogP contribution in [-0.2, 0) is 28.4 Å². The van der Waals surface area contributed by atoms with E-state index in [0.717, 1.165) is 25.7 Å². The fourth-order valence-corrected chi connectivity index (χ4v) is 7.54. The molecule has 0 rings (SSSR count). The van der Waals surface area contributed by atoms with Gasteiger partial charge in [0.25, 0.3) is 11.9 Å². The van der Waals surface area contributed by atoms with Gasteiger partial charge in [0.05, 0.1) is 0 Å². The van der Waals surface area contributed by atoms with Crippen LogP contribution in [0.25, 0.3) is 0 Å². The first-order valence-corrected chi connectivity index (χ1v) is 20.1. The second-order valence-corrected chi connectivity index (χ2v) is 13.5. The predicted molar refractivity (Wildman–Crippen MR) is 183 cm³/mol. The highest BCUT2D eigenvalue weighted by molar-refractivity contribution is 8.76. The van der Waals surface area contributed by atoms with Gasteiger partial charge >= 0.3 is 0 Å². The van der Waals surface area contributed by atoms with E-state index < -0.39 is 11.9 Å². The largest absolute Gasteiger partial charge is 0.328 e. The van der Waals surface area contributed by atoms with Crippen molar-refractivity contribution in [3.05, 3.63) is 0 Å². The van der Waals surface area contributed by atoms with E-state index in [1.807, 2.05) is 41.5 Å². The van der Waals surface area contributed by atoms with Crippen LogP contribution in [0.3, 0.4) is 0 Å². The number of ether oxygens (including phenoxy) is 6. The van der Waals surface area contributed by atoms with Crippen LogP contribution in [0.5, 0.6) is 0 Å². The first-order valence-electron chi connectivity index (χ1n) is 17.7. The Kier molecular flexibility index (Phi) is 31.8. The Labute approximate surface area is 269 Å². The van der Waals surface area contributed by atoms with Crippen LogP contribution in [0.2, 0.25) is 0 Å². The van der Waals surface area contributed by atoms with Gasteiger partial charge in [-0.1, -0.05) is 98.6 Å². The Bertz CT molecular complexity index is 460. The molecule has 0 amide bonds. The topological polar surface area (TPSA) is 55.4 Å². The van der Waals surface area contributed by atoms with E-state index in [2.05, 4.69) is 21.6 Å². The molecule has 0 bridgehead atoms. The van der Waals surface area contributed by atoms with E-state index in [1.165, 1.54) is 101 Å². The summed E-state index contributed by atoms with van der Waals surface area (Å²) in [6.07, 6.45) is 22.5. The van der Waals surface area contributed by atoms with E-state index in [-0.39, 0.29) is 0 Å². The molecule has 8 heteroatoms. The molecule has 0 aliphatic rings. The Hall–Kier alpha value is 0.460. The summed E-state index contributed by atoms with van der Waals surface area (Å²) in [5, 5.41) is 0. The minimum Gasteiger partial charge on any atom is -0.328 e. The molecule has 0 aromatic heterocycles. The predicted octanol–water partition coefficient (Wildman–Crippen LogP) is 10.9. The standard InChI is InChI=1S/C34H70O6S2/c1-7-35-33(36-8-2,37-9-3)29-25-21-17-13-15-19-23-27-31-41-42-32-28-24-20-16-14-18-22-26-30-34(38-10-4,39-11-5)40-12-6/h7-32H2,1-6H3. The summed E-state index contributed by atoms with van der Waals surface area (Å²) in [6.45, 7) is 15.7. The molecule has 0 N–H and O–H groups in total. The van der Waals surface area contributed by atoms with Crippen LogP contribution in [0.15, 0.2) is 0 Å². The molecule has 0 fully saturated rings. The molecular formula is C34H70O6S2. The molecule has 0 radical (unpaired) electrons. The highest BCUT2D eigenvalue weighted by atomic mass is 33.1. The van der Waals surface area contributed by atoms with Gasteiger partial charge in [-0.25, -0.2) is 0 Å². The van der Waals surface area contributed by atoms with Gasteiger partial charge in [0.1, 0.15) is 0 Å². The number of hydrogen-bond donors (Lipinski definition) is 0. The molecule has 0 aromatic rings. The van der Waals surface area contributed by atoms with Crippen molar-refractivity contribution < 1.29 is 28.4 Å². The van der Waals surface area contributed by atoms with Crippen LogP contribution in [0.4, 0.5) is 0 Å². The van der Waals surface area contributed by atoms with Crippen LogP contribution >= 0.6 is 21.6 Å². The summed E-state index contributed by atoms with van der Waals surface area (Å²) in [7, 11) is 4.16. The minimum atomic E-state index is -0.831. The molecule has 42 heavy (non-hydrogen) atoms. The molecule has 0 atom stereocenters. The summed E-state index contributed by atoms with van der Waals surface area (Å²) < 4.78 is 34.9. The van der Waals surface area contributed by atoms with Gasteiger partial charge in [0.15, 0.2) is 0 Å². The van der Waals surface area contributed by atoms with E-state index >= 15 is 0 Å². The third kappa shape index (κ3) is 23.8. The average molecular weight is 639 g/mol. The fourth-order valence-electron chi connectivity index (χ4n) is 5.25. The van der Waals surface area contributed by atoms with E-state index in [1.54, 1.807) is 0 Å². The first kappa shape index (κ1) is 42.5. The highest BCUT2D eigenvalue weighted by Gasteiger charge is 2.32. The van der Waals surface area contributed by atoms with E-state index in [9.17, 15) is 0 Å². The third-order valence-electron chi connectivity index (χ3n) is 7.19. The van der Waals surface area contributed by atoms with Crippen molar-refractivity contribution in [2.75, 3.05) is 51.1 Å². The maximum absolute atomic E-state index is 5.82. The van der Waals surface area contributed by atoms with E-state index in [4.69, 9.17) is 28.4 Å². The van der Waals surface area contributed by atoms with Gasteiger partial charge in [0.2, 0.25) is 0 Å². The Balaban J connectivity index is 3.49.